The van der Waals surface area contributed by atoms with Crippen molar-refractivity contribution in [2.75, 3.05) is 17.7 Å². The van der Waals surface area contributed by atoms with Gasteiger partial charge in [-0.2, -0.15) is 0 Å². The molecule has 0 aliphatic heterocycles. The van der Waals surface area contributed by atoms with Gasteiger partial charge in [0.15, 0.2) is 5.13 Å². The Morgan fingerprint density at radius 3 is 2.81 bits per heavy atom. The van der Waals surface area contributed by atoms with Crippen molar-refractivity contribution in [2.45, 2.75) is 52.0 Å². The molecule has 0 saturated carbocycles. The number of rotatable bonds is 6. The van der Waals surface area contributed by atoms with E-state index in [2.05, 4.69) is 27.2 Å². The molecule has 1 aliphatic rings. The first-order valence-electron chi connectivity index (χ1n) is 10.2. The molecule has 31 heavy (non-hydrogen) atoms. The third kappa shape index (κ3) is 4.75. The van der Waals surface area contributed by atoms with Gasteiger partial charge in [-0.15, -0.1) is 11.3 Å². The maximum Gasteiger partial charge on any atom is 0.350 e. The summed E-state index contributed by atoms with van der Waals surface area (Å²) in [4.78, 5) is 40.9. The molecule has 4 rings (SSSR count). The Bertz CT molecular complexity index is 1150. The van der Waals surface area contributed by atoms with Crippen molar-refractivity contribution in [2.24, 2.45) is 5.92 Å². The number of hydrogen-bond donors (Lipinski definition) is 1. The molecule has 0 aromatic carbocycles. The van der Waals surface area contributed by atoms with Crippen molar-refractivity contribution >= 4 is 61.7 Å². The second-order valence-corrected chi connectivity index (χ2v) is 10.6. The van der Waals surface area contributed by atoms with Crippen LogP contribution < -0.4 is 5.32 Å². The van der Waals surface area contributed by atoms with Crippen LogP contribution in [0.4, 0.5) is 5.13 Å². The molecule has 0 fully saturated rings. The minimum absolute atomic E-state index is 0.184. The van der Waals surface area contributed by atoms with Gasteiger partial charge in [0.05, 0.1) is 18.1 Å². The van der Waals surface area contributed by atoms with Gasteiger partial charge in [0.2, 0.25) is 5.91 Å². The molecule has 0 bridgehead atoms. The minimum atomic E-state index is -0.414. The van der Waals surface area contributed by atoms with Crippen molar-refractivity contribution in [1.29, 1.82) is 0 Å². The van der Waals surface area contributed by atoms with Gasteiger partial charge in [-0.05, 0) is 51.5 Å². The van der Waals surface area contributed by atoms with Crippen LogP contribution in [0.15, 0.2) is 5.03 Å². The number of nitrogens with zero attached hydrogens (tertiary/aromatic N) is 3. The van der Waals surface area contributed by atoms with E-state index in [0.717, 1.165) is 45.2 Å². The van der Waals surface area contributed by atoms with Crippen LogP contribution in [0, 0.1) is 19.8 Å². The van der Waals surface area contributed by atoms with Crippen molar-refractivity contribution in [3.05, 3.63) is 26.8 Å². The number of aryl methyl sites for hydroxylation is 3. The van der Waals surface area contributed by atoms with Crippen molar-refractivity contribution < 1.29 is 14.3 Å². The van der Waals surface area contributed by atoms with Crippen molar-refractivity contribution in [3.63, 3.8) is 0 Å². The molecule has 1 unspecified atom stereocenters. The molecule has 1 N–H and O–H groups in total. The van der Waals surface area contributed by atoms with Crippen molar-refractivity contribution in [3.8, 4) is 0 Å². The lowest BCUT2D eigenvalue weighted by Crippen LogP contribution is -2.14. The van der Waals surface area contributed by atoms with E-state index in [-0.39, 0.29) is 11.7 Å². The van der Waals surface area contributed by atoms with Gasteiger partial charge in [0.25, 0.3) is 0 Å². The number of carbonyl (C=O) groups is 2. The van der Waals surface area contributed by atoms with Gasteiger partial charge < -0.3 is 10.1 Å². The number of esters is 1. The van der Waals surface area contributed by atoms with Gasteiger partial charge in [-0.1, -0.05) is 30.0 Å². The molecule has 3 heterocycles. The molecule has 3 aromatic rings. The number of nitrogens with one attached hydrogen (secondary N) is 1. The summed E-state index contributed by atoms with van der Waals surface area (Å²) >= 11 is 4.32. The largest absolute Gasteiger partial charge is 0.462 e. The number of anilines is 1. The maximum absolute atomic E-state index is 12.6. The number of carbonyl (C=O) groups excluding carboxylic acids is 2. The lowest BCUT2D eigenvalue weighted by molar-refractivity contribution is -0.113. The standard InChI is InChI=1S/C21H24N4O3S3/c1-5-28-20(27)17-11(3)22-21(31-17)25-15(26)9-29-18-16-13-7-6-10(2)8-14(13)30-19(16)24-12(4)23-18/h10H,5-9H2,1-4H3,(H,22,25,26). The molecular weight excluding hydrogens is 452 g/mol. The van der Waals surface area contributed by atoms with Crippen LogP contribution >= 0.6 is 34.4 Å². The average molecular weight is 477 g/mol. The van der Waals surface area contributed by atoms with E-state index in [0.29, 0.717) is 28.2 Å². The fraction of sp³-hybridized carbons (Fsp3) is 0.476. The first kappa shape index (κ1) is 22.2. The summed E-state index contributed by atoms with van der Waals surface area (Å²) in [7, 11) is 0. The van der Waals surface area contributed by atoms with Gasteiger partial charge >= 0.3 is 5.97 Å². The second kappa shape index (κ2) is 9.22. The second-order valence-electron chi connectivity index (χ2n) is 7.60. The molecular formula is C21H24N4O3S3. The van der Waals surface area contributed by atoms with Crippen LogP contribution in [0.5, 0.6) is 0 Å². The third-order valence-corrected chi connectivity index (χ3v) is 8.25. The number of thiophene rings is 1. The van der Waals surface area contributed by atoms with Crippen LogP contribution in [-0.4, -0.2) is 39.2 Å². The Morgan fingerprint density at radius 1 is 1.23 bits per heavy atom. The fourth-order valence-corrected chi connectivity index (χ4v) is 6.91. The van der Waals surface area contributed by atoms with Gasteiger partial charge in [-0.25, -0.2) is 19.7 Å². The number of thiazole rings is 1. The highest BCUT2D eigenvalue weighted by atomic mass is 32.2. The van der Waals surface area contributed by atoms with E-state index in [1.165, 1.54) is 28.6 Å². The summed E-state index contributed by atoms with van der Waals surface area (Å²) < 4.78 is 5.03. The number of ether oxygens (including phenoxy) is 1. The number of amides is 1. The lowest BCUT2D eigenvalue weighted by atomic mass is 9.89. The molecule has 1 amide bonds. The Kier molecular flexibility index (Phi) is 6.59. The quantitative estimate of drug-likeness (QED) is 0.310. The third-order valence-electron chi connectivity index (χ3n) is 5.08. The Hall–Kier alpha value is -2.04. The topological polar surface area (TPSA) is 94.1 Å². The van der Waals surface area contributed by atoms with Crippen LogP contribution in [0.2, 0.25) is 0 Å². The zero-order valence-corrected chi connectivity index (χ0v) is 20.4. The summed E-state index contributed by atoms with van der Waals surface area (Å²) in [5.74, 6) is 1.02. The van der Waals surface area contributed by atoms with Gasteiger partial charge in [-0.3, -0.25) is 4.79 Å². The van der Waals surface area contributed by atoms with E-state index in [1.54, 1.807) is 25.2 Å². The zero-order valence-electron chi connectivity index (χ0n) is 17.9. The first-order valence-corrected chi connectivity index (χ1v) is 12.8. The smallest absolute Gasteiger partial charge is 0.350 e. The summed E-state index contributed by atoms with van der Waals surface area (Å²) in [5, 5.41) is 5.18. The average Bonchev–Trinajstić information content (AvgIpc) is 3.25. The number of fused-ring (bicyclic) bond motifs is 3. The lowest BCUT2D eigenvalue weighted by Gasteiger charge is -2.18. The van der Waals surface area contributed by atoms with E-state index in [4.69, 9.17) is 4.74 Å². The Morgan fingerprint density at radius 2 is 2.03 bits per heavy atom. The molecule has 0 spiro atoms. The predicted molar refractivity (Wildman–Crippen MR) is 126 cm³/mol. The molecule has 164 valence electrons. The van der Waals surface area contributed by atoms with Crippen LogP contribution in [0.3, 0.4) is 0 Å². The summed E-state index contributed by atoms with van der Waals surface area (Å²) in [6, 6.07) is 0. The summed E-state index contributed by atoms with van der Waals surface area (Å²) in [5.41, 5.74) is 1.91. The van der Waals surface area contributed by atoms with Crippen LogP contribution in [-0.2, 0) is 22.4 Å². The predicted octanol–water partition coefficient (Wildman–Crippen LogP) is 4.80. The van der Waals surface area contributed by atoms with E-state index >= 15 is 0 Å². The number of thioether (sulfide) groups is 1. The van der Waals surface area contributed by atoms with Crippen LogP contribution in [0.1, 0.15) is 51.9 Å². The normalized spacial score (nSPS) is 15.7. The fourth-order valence-electron chi connectivity index (χ4n) is 3.64. The Balaban J connectivity index is 1.49. The number of aromatic nitrogens is 3. The van der Waals surface area contributed by atoms with E-state index in [9.17, 15) is 9.59 Å². The maximum atomic E-state index is 12.6. The highest BCUT2D eigenvalue weighted by molar-refractivity contribution is 8.00. The summed E-state index contributed by atoms with van der Waals surface area (Å²) in [6.45, 7) is 7.96. The number of hydrogen-bond acceptors (Lipinski definition) is 9. The van der Waals surface area contributed by atoms with E-state index in [1.807, 2.05) is 6.92 Å². The molecule has 1 aliphatic carbocycles. The molecule has 10 heteroatoms. The van der Waals surface area contributed by atoms with Gasteiger partial charge in [0.1, 0.15) is 20.6 Å². The molecule has 3 aromatic heterocycles. The molecule has 1 atom stereocenters. The summed E-state index contributed by atoms with van der Waals surface area (Å²) in [6.07, 6.45) is 3.30. The van der Waals surface area contributed by atoms with Crippen LogP contribution in [0.25, 0.3) is 10.2 Å². The highest BCUT2D eigenvalue weighted by Gasteiger charge is 2.24. The monoisotopic (exact) mass is 476 g/mol. The zero-order chi connectivity index (χ0) is 22.1. The van der Waals surface area contributed by atoms with E-state index < -0.39 is 5.97 Å². The molecule has 0 saturated heterocycles. The minimum Gasteiger partial charge on any atom is -0.462 e. The first-order chi connectivity index (χ1) is 14.9. The molecule has 0 radical (unpaired) electrons. The SMILES string of the molecule is CCOC(=O)c1sc(NC(=O)CSc2nc(C)nc3sc4c(c23)CCC(C)C4)nc1C. The van der Waals surface area contributed by atoms with Crippen molar-refractivity contribution in [1.82, 2.24) is 15.0 Å². The molecule has 7 nitrogen and oxygen atoms in total. The Labute approximate surface area is 193 Å². The highest BCUT2D eigenvalue weighted by Crippen LogP contribution is 2.41. The van der Waals surface area contributed by atoms with Gasteiger partial charge in [0, 0.05) is 10.3 Å².